The molecule has 0 aliphatic heterocycles. The topological polar surface area (TPSA) is 125 Å². The van der Waals surface area contributed by atoms with E-state index < -0.39 is 35.9 Å². The summed E-state index contributed by atoms with van der Waals surface area (Å²) in [6, 6.07) is 0. The Labute approximate surface area is 394 Å². The molecule has 0 saturated carbocycles. The van der Waals surface area contributed by atoms with Crippen molar-refractivity contribution in [2.24, 2.45) is 5.41 Å². The molecule has 64 heavy (non-hydrogen) atoms. The molecular weight excluding hydrogens is 805 g/mol. The molecule has 0 atom stereocenters. The van der Waals surface area contributed by atoms with Gasteiger partial charge in [0, 0.05) is 19.3 Å². The van der Waals surface area contributed by atoms with Crippen LogP contribution in [0.3, 0.4) is 0 Å². The number of aliphatic hydroxyl groups excluding tert-OH is 1. The summed E-state index contributed by atoms with van der Waals surface area (Å²) in [5, 5.41) is 9.40. The van der Waals surface area contributed by atoms with E-state index in [2.05, 4.69) is 20.8 Å². The first-order valence-corrected chi connectivity index (χ1v) is 27.6. The minimum absolute atomic E-state index is 0.249. The molecule has 0 amide bonds. The predicted octanol–water partition coefficient (Wildman–Crippen LogP) is 15.6. The van der Waals surface area contributed by atoms with Gasteiger partial charge in [0.05, 0.1) is 0 Å². The maximum atomic E-state index is 13.0. The molecule has 0 aliphatic carbocycles. The highest BCUT2D eigenvalue weighted by Gasteiger charge is 2.38. The SMILES string of the molecule is CCCCCCCCCCCCCCCC(=O)OCC(COC(=O)CO)(COC(=O)CCCCCCCCCCCCCCC)COC(=O)CCCCCCCCCCCCCCC. The van der Waals surface area contributed by atoms with Crippen molar-refractivity contribution < 1.29 is 43.2 Å². The minimum atomic E-state index is -1.30. The zero-order valence-corrected chi connectivity index (χ0v) is 42.4. The molecule has 0 aromatic heterocycles. The van der Waals surface area contributed by atoms with Gasteiger partial charge in [0.25, 0.3) is 0 Å². The predicted molar refractivity (Wildman–Crippen MR) is 264 cm³/mol. The van der Waals surface area contributed by atoms with Crippen molar-refractivity contribution >= 4 is 23.9 Å². The maximum Gasteiger partial charge on any atom is 0.331 e. The Balaban J connectivity index is 4.97. The van der Waals surface area contributed by atoms with Crippen LogP contribution >= 0.6 is 0 Å². The van der Waals surface area contributed by atoms with Crippen LogP contribution in [-0.4, -0.2) is 62.0 Å². The zero-order valence-electron chi connectivity index (χ0n) is 42.4. The second-order valence-electron chi connectivity index (χ2n) is 19.3. The first kappa shape index (κ1) is 61.8. The number of unbranched alkanes of at least 4 members (excludes halogenated alkanes) is 36. The molecule has 0 aliphatic rings. The maximum absolute atomic E-state index is 13.0. The van der Waals surface area contributed by atoms with Crippen molar-refractivity contribution in [3.05, 3.63) is 0 Å². The fourth-order valence-corrected chi connectivity index (χ4v) is 8.31. The molecule has 0 aromatic carbocycles. The number of ether oxygens (including phenoxy) is 4. The van der Waals surface area contributed by atoms with Gasteiger partial charge >= 0.3 is 23.9 Å². The van der Waals surface area contributed by atoms with Crippen LogP contribution in [0.15, 0.2) is 0 Å². The van der Waals surface area contributed by atoms with Crippen LogP contribution in [0.4, 0.5) is 0 Å². The number of aliphatic hydroxyl groups is 1. The third-order valence-corrected chi connectivity index (χ3v) is 12.7. The van der Waals surface area contributed by atoms with Gasteiger partial charge in [-0.05, 0) is 19.3 Å². The fourth-order valence-electron chi connectivity index (χ4n) is 8.31. The van der Waals surface area contributed by atoms with Crippen molar-refractivity contribution in [2.75, 3.05) is 33.0 Å². The third kappa shape index (κ3) is 43.7. The average molecular weight is 909 g/mol. The number of esters is 4. The highest BCUT2D eigenvalue weighted by atomic mass is 16.6. The number of carbonyl (C=O) groups excluding carboxylic acids is 4. The monoisotopic (exact) mass is 909 g/mol. The molecule has 0 aromatic rings. The van der Waals surface area contributed by atoms with E-state index in [4.69, 9.17) is 18.9 Å². The van der Waals surface area contributed by atoms with Crippen LogP contribution in [0.5, 0.6) is 0 Å². The fraction of sp³-hybridized carbons (Fsp3) is 0.927. The molecule has 0 spiro atoms. The Morgan fingerprint density at radius 1 is 0.281 bits per heavy atom. The Morgan fingerprint density at radius 2 is 0.453 bits per heavy atom. The molecule has 0 saturated heterocycles. The molecule has 0 unspecified atom stereocenters. The van der Waals surface area contributed by atoms with Gasteiger partial charge in [-0.15, -0.1) is 0 Å². The molecule has 0 fully saturated rings. The van der Waals surface area contributed by atoms with Crippen molar-refractivity contribution in [2.45, 2.75) is 290 Å². The van der Waals surface area contributed by atoms with Gasteiger partial charge in [0.2, 0.25) is 0 Å². The van der Waals surface area contributed by atoms with Crippen molar-refractivity contribution in [1.29, 1.82) is 0 Å². The normalized spacial score (nSPS) is 11.5. The van der Waals surface area contributed by atoms with E-state index in [1.54, 1.807) is 0 Å². The molecule has 9 heteroatoms. The van der Waals surface area contributed by atoms with E-state index in [9.17, 15) is 24.3 Å². The molecule has 9 nitrogen and oxygen atoms in total. The van der Waals surface area contributed by atoms with Crippen molar-refractivity contribution in [3.8, 4) is 0 Å². The summed E-state index contributed by atoms with van der Waals surface area (Å²) >= 11 is 0. The number of rotatable bonds is 51. The van der Waals surface area contributed by atoms with Crippen LogP contribution in [0.25, 0.3) is 0 Å². The van der Waals surface area contributed by atoms with Gasteiger partial charge in [0.15, 0.2) is 0 Å². The highest BCUT2D eigenvalue weighted by Crippen LogP contribution is 2.24. The molecule has 0 heterocycles. The summed E-state index contributed by atoms with van der Waals surface area (Å²) in [6.07, 6.45) is 47.9. The summed E-state index contributed by atoms with van der Waals surface area (Å²) in [5.74, 6) is -2.04. The standard InChI is InChI=1S/C55H104O9/c1-4-7-10-13-16-19-22-25-28-31-34-37-40-43-51(57)61-47-55(50-64-54(60)46-56,48-62-52(58)44-41-38-35-32-29-26-23-20-17-14-11-8-5-2)49-63-53(59)45-42-39-36-33-30-27-24-21-18-15-12-9-6-3/h56H,4-50H2,1-3H3. The Morgan fingerprint density at radius 3 is 0.641 bits per heavy atom. The summed E-state index contributed by atoms with van der Waals surface area (Å²) < 4.78 is 22.5. The third-order valence-electron chi connectivity index (χ3n) is 12.7. The molecule has 0 radical (unpaired) electrons. The lowest BCUT2D eigenvalue weighted by molar-refractivity contribution is -0.171. The lowest BCUT2D eigenvalue weighted by Crippen LogP contribution is -2.44. The second kappa shape index (κ2) is 48.8. The molecule has 0 rings (SSSR count). The lowest BCUT2D eigenvalue weighted by Gasteiger charge is -2.31. The Hall–Kier alpha value is -2.16. The lowest BCUT2D eigenvalue weighted by atomic mass is 9.92. The Bertz CT molecular complexity index is 934. The van der Waals surface area contributed by atoms with Gasteiger partial charge in [-0.1, -0.05) is 252 Å². The summed E-state index contributed by atoms with van der Waals surface area (Å²) in [7, 11) is 0. The quantitative estimate of drug-likeness (QED) is 0.0361. The summed E-state index contributed by atoms with van der Waals surface area (Å²) in [6.45, 7) is 4.84. The average Bonchev–Trinajstić information content (AvgIpc) is 3.30. The van der Waals surface area contributed by atoms with Gasteiger partial charge in [-0.2, -0.15) is 0 Å². The van der Waals surface area contributed by atoms with Gasteiger partial charge in [0.1, 0.15) is 38.4 Å². The van der Waals surface area contributed by atoms with E-state index >= 15 is 0 Å². The number of hydrogen-bond acceptors (Lipinski definition) is 9. The van der Waals surface area contributed by atoms with Gasteiger partial charge in [-0.25, -0.2) is 4.79 Å². The minimum Gasteiger partial charge on any atom is -0.465 e. The molecular formula is C55H104O9. The first-order valence-electron chi connectivity index (χ1n) is 27.6. The molecule has 1 N–H and O–H groups in total. The van der Waals surface area contributed by atoms with Crippen LogP contribution in [0, 0.1) is 5.41 Å². The largest absolute Gasteiger partial charge is 0.465 e. The van der Waals surface area contributed by atoms with Crippen molar-refractivity contribution in [3.63, 3.8) is 0 Å². The van der Waals surface area contributed by atoms with Crippen LogP contribution in [0.1, 0.15) is 290 Å². The smallest absolute Gasteiger partial charge is 0.331 e. The Kier molecular flexibility index (Phi) is 47.1. The first-order chi connectivity index (χ1) is 31.3. The van der Waals surface area contributed by atoms with Crippen LogP contribution in [-0.2, 0) is 38.1 Å². The highest BCUT2D eigenvalue weighted by molar-refractivity contribution is 5.71. The van der Waals surface area contributed by atoms with Gasteiger partial charge in [-0.3, -0.25) is 14.4 Å². The number of hydrogen-bond donors (Lipinski definition) is 1. The van der Waals surface area contributed by atoms with Crippen LogP contribution in [0.2, 0.25) is 0 Å². The van der Waals surface area contributed by atoms with E-state index in [-0.39, 0.29) is 45.7 Å². The second-order valence-corrected chi connectivity index (χ2v) is 19.3. The number of carbonyl (C=O) groups is 4. The molecule has 0 bridgehead atoms. The zero-order chi connectivity index (χ0) is 46.9. The van der Waals surface area contributed by atoms with E-state index in [0.29, 0.717) is 19.3 Å². The van der Waals surface area contributed by atoms with E-state index in [0.717, 1.165) is 38.5 Å². The van der Waals surface area contributed by atoms with E-state index in [1.807, 2.05) is 0 Å². The molecule has 378 valence electrons. The van der Waals surface area contributed by atoms with Gasteiger partial charge < -0.3 is 24.1 Å². The van der Waals surface area contributed by atoms with E-state index in [1.165, 1.54) is 193 Å². The van der Waals surface area contributed by atoms with Crippen molar-refractivity contribution in [1.82, 2.24) is 0 Å². The van der Waals surface area contributed by atoms with Crippen LogP contribution < -0.4 is 0 Å². The summed E-state index contributed by atoms with van der Waals surface area (Å²) in [5.41, 5.74) is -1.30. The summed E-state index contributed by atoms with van der Waals surface area (Å²) in [4.78, 5) is 51.1.